The minimum absolute atomic E-state index is 0.0451. The van der Waals surface area contributed by atoms with Gasteiger partial charge in [-0.1, -0.05) is 0 Å². The lowest BCUT2D eigenvalue weighted by molar-refractivity contribution is -0.395. The molecule has 6 nitrogen and oxygen atoms in total. The fourth-order valence-corrected chi connectivity index (χ4v) is 0.873. The maximum absolute atomic E-state index is 12.8. The van der Waals surface area contributed by atoms with Gasteiger partial charge in [-0.15, -0.1) is 0 Å². The van der Waals surface area contributed by atoms with Crippen LogP contribution in [0.2, 0.25) is 0 Å². The van der Waals surface area contributed by atoms with E-state index in [9.17, 15) is 33.4 Å². The van der Waals surface area contributed by atoms with Gasteiger partial charge < -0.3 is 0 Å². The number of rotatable bonds is 2. The normalized spacial score (nSPS) is 10.1. The number of hydrogen-bond donors (Lipinski definition) is 0. The molecule has 0 bridgehead atoms. The third kappa shape index (κ3) is 1.71. The first-order chi connectivity index (χ1) is 6.86. The van der Waals surface area contributed by atoms with Crippen molar-refractivity contribution in [3.63, 3.8) is 0 Å². The molecule has 0 unspecified atom stereocenters. The molecule has 0 radical (unpaired) electrons. The van der Waals surface area contributed by atoms with E-state index in [0.717, 1.165) is 0 Å². The summed E-state index contributed by atoms with van der Waals surface area (Å²) in [6.07, 6.45) is 0. The largest absolute Gasteiger partial charge is 0.343 e. The van der Waals surface area contributed by atoms with Crippen molar-refractivity contribution in [2.24, 2.45) is 0 Å². The molecule has 0 heterocycles. The van der Waals surface area contributed by atoms with Crippen LogP contribution < -0.4 is 0 Å². The molecule has 0 saturated heterocycles. The fourth-order valence-electron chi connectivity index (χ4n) is 0.873. The Labute approximate surface area is 79.2 Å². The molecule has 1 aromatic rings. The fraction of sp³-hybridized carbons (Fsp3) is 0. The van der Waals surface area contributed by atoms with Gasteiger partial charge in [0.2, 0.25) is 17.5 Å². The molecule has 0 spiro atoms. The second-order valence-electron chi connectivity index (χ2n) is 2.37. The lowest BCUT2D eigenvalue weighted by atomic mass is 10.2. The van der Waals surface area contributed by atoms with E-state index in [0.29, 0.717) is 0 Å². The maximum Gasteiger partial charge on any atom is 0.343 e. The Morgan fingerprint density at radius 2 is 1.53 bits per heavy atom. The summed E-state index contributed by atoms with van der Waals surface area (Å²) in [4.78, 5) is 17.2. The molecule has 1 aromatic carbocycles. The van der Waals surface area contributed by atoms with Crippen LogP contribution in [0.4, 0.5) is 24.5 Å². The molecule has 0 aliphatic rings. The Kier molecular flexibility index (Phi) is 2.55. The third-order valence-corrected chi connectivity index (χ3v) is 1.49. The summed E-state index contributed by atoms with van der Waals surface area (Å²) in [7, 11) is 0. The van der Waals surface area contributed by atoms with Gasteiger partial charge in [-0.05, 0) is 0 Å². The van der Waals surface area contributed by atoms with Crippen LogP contribution in [0.5, 0.6) is 0 Å². The van der Waals surface area contributed by atoms with Gasteiger partial charge in [0.25, 0.3) is 0 Å². The number of halogens is 3. The Bertz CT molecular complexity index is 462. The van der Waals surface area contributed by atoms with Crippen LogP contribution in [-0.4, -0.2) is 9.85 Å². The van der Waals surface area contributed by atoms with E-state index in [4.69, 9.17) is 0 Å². The predicted molar refractivity (Wildman–Crippen MR) is 39.6 cm³/mol. The highest BCUT2D eigenvalue weighted by Gasteiger charge is 2.32. The number of nitro benzene ring substituents is 2. The molecule has 0 N–H and O–H groups in total. The first-order valence-corrected chi connectivity index (χ1v) is 3.32. The van der Waals surface area contributed by atoms with E-state index in [-0.39, 0.29) is 6.07 Å². The average molecular weight is 222 g/mol. The third-order valence-electron chi connectivity index (χ3n) is 1.49. The summed E-state index contributed by atoms with van der Waals surface area (Å²) in [6.45, 7) is 0. The van der Waals surface area contributed by atoms with Crippen molar-refractivity contribution in [3.05, 3.63) is 43.7 Å². The summed E-state index contributed by atoms with van der Waals surface area (Å²) in [5, 5.41) is 20.1. The molecule has 0 atom stereocenters. The van der Waals surface area contributed by atoms with E-state index < -0.39 is 38.7 Å². The van der Waals surface area contributed by atoms with Crippen LogP contribution in [-0.2, 0) is 0 Å². The summed E-state index contributed by atoms with van der Waals surface area (Å²) in [5.74, 6) is -6.05. The van der Waals surface area contributed by atoms with E-state index >= 15 is 0 Å². The highest BCUT2D eigenvalue weighted by atomic mass is 19.2. The topological polar surface area (TPSA) is 86.3 Å². The lowest BCUT2D eigenvalue weighted by Crippen LogP contribution is -2.03. The number of nitro groups is 2. The van der Waals surface area contributed by atoms with Gasteiger partial charge in [-0.2, -0.15) is 13.2 Å². The molecule has 0 saturated carbocycles. The minimum atomic E-state index is -2.19. The number of nitrogens with zero attached hydrogens (tertiary/aromatic N) is 2. The summed E-state index contributed by atoms with van der Waals surface area (Å²) < 4.78 is 38.3. The Morgan fingerprint density at radius 1 is 1.00 bits per heavy atom. The van der Waals surface area contributed by atoms with E-state index in [1.807, 2.05) is 0 Å². The summed E-state index contributed by atoms with van der Waals surface area (Å²) in [5.41, 5.74) is -3.24. The van der Waals surface area contributed by atoms with Gasteiger partial charge in [0.1, 0.15) is 0 Å². The molecule has 0 amide bonds. The van der Waals surface area contributed by atoms with Crippen LogP contribution in [0.15, 0.2) is 6.07 Å². The van der Waals surface area contributed by atoms with Crippen molar-refractivity contribution in [2.45, 2.75) is 0 Å². The van der Waals surface area contributed by atoms with Crippen LogP contribution >= 0.6 is 0 Å². The van der Waals surface area contributed by atoms with Gasteiger partial charge in [0, 0.05) is 0 Å². The van der Waals surface area contributed by atoms with Crippen molar-refractivity contribution in [3.8, 4) is 0 Å². The second kappa shape index (κ2) is 3.52. The molecule has 0 aliphatic heterocycles. The zero-order valence-electron chi connectivity index (χ0n) is 6.74. The van der Waals surface area contributed by atoms with Crippen LogP contribution in [0, 0.1) is 37.7 Å². The van der Waals surface area contributed by atoms with Gasteiger partial charge >= 0.3 is 11.4 Å². The highest BCUT2D eigenvalue weighted by molar-refractivity contribution is 5.44. The zero-order valence-corrected chi connectivity index (χ0v) is 6.74. The highest BCUT2D eigenvalue weighted by Crippen LogP contribution is 2.30. The van der Waals surface area contributed by atoms with Gasteiger partial charge in [0.05, 0.1) is 15.9 Å². The Hall–Kier alpha value is -2.19. The number of hydrogen-bond acceptors (Lipinski definition) is 4. The van der Waals surface area contributed by atoms with Crippen molar-refractivity contribution < 1.29 is 23.0 Å². The Balaban J connectivity index is 3.58. The first-order valence-electron chi connectivity index (χ1n) is 3.32. The molecule has 1 rings (SSSR count). The standard InChI is InChI=1S/C6HF3N2O4/c7-2-1-3(10(12)13)4(8)5(9)6(2)11(14)15/h1H. The average Bonchev–Trinajstić information content (AvgIpc) is 2.10. The van der Waals surface area contributed by atoms with Crippen molar-refractivity contribution in [1.82, 2.24) is 0 Å². The van der Waals surface area contributed by atoms with Gasteiger partial charge in [-0.25, -0.2) is 0 Å². The van der Waals surface area contributed by atoms with E-state index in [1.54, 1.807) is 0 Å². The molecule has 0 aliphatic carbocycles. The molecular formula is C6HF3N2O4. The van der Waals surface area contributed by atoms with Crippen molar-refractivity contribution >= 4 is 11.4 Å². The predicted octanol–water partition coefficient (Wildman–Crippen LogP) is 1.92. The van der Waals surface area contributed by atoms with Crippen LogP contribution in [0.25, 0.3) is 0 Å². The van der Waals surface area contributed by atoms with Crippen LogP contribution in [0.1, 0.15) is 0 Å². The minimum Gasteiger partial charge on any atom is -0.258 e. The van der Waals surface area contributed by atoms with Crippen molar-refractivity contribution in [1.29, 1.82) is 0 Å². The Morgan fingerprint density at radius 3 is 1.93 bits per heavy atom. The van der Waals surface area contributed by atoms with Crippen molar-refractivity contribution in [2.75, 3.05) is 0 Å². The SMILES string of the molecule is O=[N+]([O-])c1cc(F)c([N+](=O)[O-])c(F)c1F. The first kappa shape index (κ1) is 10.9. The lowest BCUT2D eigenvalue weighted by Gasteiger charge is -1.98. The maximum atomic E-state index is 12.8. The summed E-state index contributed by atoms with van der Waals surface area (Å²) in [6, 6.07) is -0.0451. The van der Waals surface area contributed by atoms with Gasteiger partial charge in [0.15, 0.2) is 0 Å². The molecule has 80 valence electrons. The summed E-state index contributed by atoms with van der Waals surface area (Å²) >= 11 is 0. The molecule has 0 fully saturated rings. The molecular weight excluding hydrogens is 221 g/mol. The monoisotopic (exact) mass is 222 g/mol. The van der Waals surface area contributed by atoms with Crippen LogP contribution in [0.3, 0.4) is 0 Å². The molecule has 9 heteroatoms. The quantitative estimate of drug-likeness (QED) is 0.434. The molecule has 0 aromatic heterocycles. The van der Waals surface area contributed by atoms with Gasteiger partial charge in [-0.3, -0.25) is 20.2 Å². The zero-order chi connectivity index (χ0) is 11.7. The smallest absolute Gasteiger partial charge is 0.258 e. The van der Waals surface area contributed by atoms with E-state index in [1.165, 1.54) is 0 Å². The van der Waals surface area contributed by atoms with E-state index in [2.05, 4.69) is 0 Å². The number of benzene rings is 1. The second-order valence-corrected chi connectivity index (χ2v) is 2.37. The molecule has 15 heavy (non-hydrogen) atoms.